The molecule has 0 saturated heterocycles. The summed E-state index contributed by atoms with van der Waals surface area (Å²) < 4.78 is 0.317. The molecule has 0 aliphatic carbocycles. The largest absolute Gasteiger partial charge is 0.499 e. The topological polar surface area (TPSA) is 57.5 Å². The van der Waals surface area contributed by atoms with E-state index >= 15 is 0 Å². The van der Waals surface area contributed by atoms with Crippen molar-refractivity contribution >= 4 is 29.5 Å². The van der Waals surface area contributed by atoms with E-state index in [1.165, 1.54) is 11.3 Å². The summed E-state index contributed by atoms with van der Waals surface area (Å²) in [6.45, 7) is 1.81. The summed E-state index contributed by atoms with van der Waals surface area (Å²) in [5, 5.41) is 17.5. The lowest BCUT2D eigenvalue weighted by molar-refractivity contribution is 0.112. The van der Waals surface area contributed by atoms with Gasteiger partial charge in [-0.1, -0.05) is 0 Å². The molecule has 0 bridgehead atoms. The molecule has 3 nitrogen and oxygen atoms in total. The number of carbonyl (C=O) groups excluding carboxylic acids is 1. The second-order valence-corrected chi connectivity index (χ2v) is 3.46. The van der Waals surface area contributed by atoms with Crippen molar-refractivity contribution in [3.05, 3.63) is 16.5 Å². The SMILES string of the molecule is Cc1cc(C=O)c(B(O)O)s1. The van der Waals surface area contributed by atoms with Gasteiger partial charge < -0.3 is 10.0 Å². The normalized spacial score (nSPS) is 9.73. The smallest absolute Gasteiger partial charge is 0.423 e. The van der Waals surface area contributed by atoms with E-state index in [9.17, 15) is 4.79 Å². The molecule has 2 N–H and O–H groups in total. The highest BCUT2D eigenvalue weighted by atomic mass is 32.1. The van der Waals surface area contributed by atoms with Gasteiger partial charge in [-0.2, -0.15) is 0 Å². The molecule has 0 radical (unpaired) electrons. The molecule has 0 amide bonds. The summed E-state index contributed by atoms with van der Waals surface area (Å²) in [4.78, 5) is 11.2. The first-order chi connectivity index (χ1) is 5.15. The maximum atomic E-state index is 10.3. The third-order valence-corrected chi connectivity index (χ3v) is 2.38. The molecule has 0 aliphatic heterocycles. The van der Waals surface area contributed by atoms with Gasteiger partial charge in [0.25, 0.3) is 0 Å². The van der Waals surface area contributed by atoms with Gasteiger partial charge in [-0.3, -0.25) is 4.79 Å². The lowest BCUT2D eigenvalue weighted by atomic mass is 9.86. The molecule has 0 unspecified atom stereocenters. The number of thiophene rings is 1. The lowest BCUT2D eigenvalue weighted by Gasteiger charge is -1.92. The highest BCUT2D eigenvalue weighted by Gasteiger charge is 2.18. The molecule has 5 heteroatoms. The molecule has 58 valence electrons. The Kier molecular flexibility index (Phi) is 2.43. The first-order valence-corrected chi connectivity index (χ1v) is 3.88. The lowest BCUT2D eigenvalue weighted by Crippen LogP contribution is -2.29. The van der Waals surface area contributed by atoms with Crippen LogP contribution in [0.2, 0.25) is 0 Å². The fourth-order valence-electron chi connectivity index (χ4n) is 0.846. The predicted molar refractivity (Wildman–Crippen MR) is 44.3 cm³/mol. The summed E-state index contributed by atoms with van der Waals surface area (Å²) in [5.74, 6) is 0. The maximum absolute atomic E-state index is 10.3. The van der Waals surface area contributed by atoms with Crippen LogP contribution in [0.25, 0.3) is 0 Å². The number of aryl methyl sites for hydroxylation is 1. The van der Waals surface area contributed by atoms with Crippen LogP contribution in [-0.2, 0) is 0 Å². The molecule has 1 rings (SSSR count). The van der Waals surface area contributed by atoms with E-state index in [1.54, 1.807) is 6.07 Å². The summed E-state index contributed by atoms with van der Waals surface area (Å²) in [7, 11) is -1.53. The van der Waals surface area contributed by atoms with Crippen molar-refractivity contribution in [1.29, 1.82) is 0 Å². The molecule has 0 fully saturated rings. The van der Waals surface area contributed by atoms with Crippen LogP contribution < -0.4 is 4.78 Å². The first-order valence-electron chi connectivity index (χ1n) is 3.07. The van der Waals surface area contributed by atoms with Gasteiger partial charge in [0.05, 0.1) is 0 Å². The molecule has 1 aromatic heterocycles. The number of hydrogen-bond donors (Lipinski definition) is 2. The average Bonchev–Trinajstić information content (AvgIpc) is 2.30. The van der Waals surface area contributed by atoms with Crippen LogP contribution in [-0.4, -0.2) is 23.5 Å². The van der Waals surface area contributed by atoms with Gasteiger partial charge in [-0.05, 0) is 13.0 Å². The zero-order valence-electron chi connectivity index (χ0n) is 5.94. The van der Waals surface area contributed by atoms with Crippen LogP contribution in [0, 0.1) is 6.92 Å². The Balaban J connectivity index is 3.11. The van der Waals surface area contributed by atoms with Crippen LogP contribution in [0.5, 0.6) is 0 Å². The minimum atomic E-state index is -1.53. The van der Waals surface area contributed by atoms with E-state index in [2.05, 4.69) is 0 Å². The van der Waals surface area contributed by atoms with Crippen molar-refractivity contribution in [3.8, 4) is 0 Å². The Morgan fingerprint density at radius 1 is 1.64 bits per heavy atom. The van der Waals surface area contributed by atoms with E-state index in [0.717, 1.165) is 4.88 Å². The van der Waals surface area contributed by atoms with E-state index in [1.807, 2.05) is 6.92 Å². The summed E-state index contributed by atoms with van der Waals surface area (Å²) in [6, 6.07) is 1.63. The van der Waals surface area contributed by atoms with Crippen LogP contribution >= 0.6 is 11.3 Å². The Labute approximate surface area is 68.4 Å². The van der Waals surface area contributed by atoms with Gasteiger partial charge in [-0.25, -0.2) is 0 Å². The first kappa shape index (κ1) is 8.45. The van der Waals surface area contributed by atoms with Gasteiger partial charge in [-0.15, -0.1) is 11.3 Å². The molecule has 11 heavy (non-hydrogen) atoms. The fraction of sp³-hybridized carbons (Fsp3) is 0.167. The highest BCUT2D eigenvalue weighted by molar-refractivity contribution is 7.22. The molecule has 0 aromatic carbocycles. The summed E-state index contributed by atoms with van der Waals surface area (Å²) in [6.07, 6.45) is 0.623. The molecule has 1 heterocycles. The molecule has 0 spiro atoms. The number of rotatable bonds is 2. The quantitative estimate of drug-likeness (QED) is 0.466. The third-order valence-electron chi connectivity index (χ3n) is 1.28. The van der Waals surface area contributed by atoms with Gasteiger partial charge >= 0.3 is 7.12 Å². The van der Waals surface area contributed by atoms with Crippen LogP contribution in [0.4, 0.5) is 0 Å². The van der Waals surface area contributed by atoms with Crippen LogP contribution in [0.1, 0.15) is 15.2 Å². The molecular formula is C6H7BO3S. The standard InChI is InChI=1S/C6H7BO3S/c1-4-2-5(3-8)6(11-4)7(9)10/h2-3,9-10H,1H3. The zero-order chi connectivity index (χ0) is 8.43. The molecule has 1 aromatic rings. The van der Waals surface area contributed by atoms with Crippen molar-refractivity contribution in [2.24, 2.45) is 0 Å². The van der Waals surface area contributed by atoms with E-state index in [0.29, 0.717) is 16.6 Å². The molecule has 0 saturated carbocycles. The fourth-order valence-corrected chi connectivity index (χ4v) is 1.71. The Hall–Kier alpha value is -0.645. The number of carbonyl (C=O) groups is 1. The second-order valence-electron chi connectivity index (χ2n) is 2.17. The third kappa shape index (κ3) is 1.68. The van der Waals surface area contributed by atoms with Crippen molar-refractivity contribution in [1.82, 2.24) is 0 Å². The van der Waals surface area contributed by atoms with Gasteiger partial charge in [0.1, 0.15) is 0 Å². The van der Waals surface area contributed by atoms with Gasteiger partial charge in [0.15, 0.2) is 6.29 Å². The highest BCUT2D eigenvalue weighted by Crippen LogP contribution is 2.08. The summed E-state index contributed by atoms with van der Waals surface area (Å²) in [5.41, 5.74) is 0.363. The zero-order valence-corrected chi connectivity index (χ0v) is 6.76. The van der Waals surface area contributed by atoms with E-state index in [-0.39, 0.29) is 0 Å². The predicted octanol–water partition coefficient (Wildman–Crippen LogP) is -0.451. The average molecular weight is 170 g/mol. The Bertz CT molecular complexity index is 269. The molecule has 0 atom stereocenters. The van der Waals surface area contributed by atoms with E-state index in [4.69, 9.17) is 10.0 Å². The number of hydrogen-bond acceptors (Lipinski definition) is 4. The van der Waals surface area contributed by atoms with E-state index < -0.39 is 7.12 Å². The van der Waals surface area contributed by atoms with Gasteiger partial charge in [0, 0.05) is 15.2 Å². The molecule has 0 aliphatic rings. The minimum Gasteiger partial charge on any atom is -0.423 e. The maximum Gasteiger partial charge on any atom is 0.499 e. The van der Waals surface area contributed by atoms with Crippen molar-refractivity contribution < 1.29 is 14.8 Å². The number of aldehydes is 1. The second kappa shape index (κ2) is 3.17. The Morgan fingerprint density at radius 3 is 2.64 bits per heavy atom. The van der Waals surface area contributed by atoms with Crippen LogP contribution in [0.15, 0.2) is 6.07 Å². The van der Waals surface area contributed by atoms with Crippen molar-refractivity contribution in [2.45, 2.75) is 6.92 Å². The molecular weight excluding hydrogens is 163 g/mol. The van der Waals surface area contributed by atoms with Crippen molar-refractivity contribution in [3.63, 3.8) is 0 Å². The van der Waals surface area contributed by atoms with Gasteiger partial charge in [0.2, 0.25) is 0 Å². The minimum absolute atomic E-state index is 0.317. The Morgan fingerprint density at radius 2 is 2.27 bits per heavy atom. The summed E-state index contributed by atoms with van der Waals surface area (Å²) >= 11 is 1.22. The van der Waals surface area contributed by atoms with Crippen molar-refractivity contribution in [2.75, 3.05) is 0 Å². The van der Waals surface area contributed by atoms with Crippen LogP contribution in [0.3, 0.4) is 0 Å². The monoisotopic (exact) mass is 170 g/mol.